The van der Waals surface area contributed by atoms with Crippen LogP contribution < -0.4 is 5.32 Å². The Labute approximate surface area is 155 Å². The summed E-state index contributed by atoms with van der Waals surface area (Å²) in [6.07, 6.45) is 7.43. The van der Waals surface area contributed by atoms with E-state index in [1.165, 1.54) is 25.4 Å². The number of furan rings is 1. The summed E-state index contributed by atoms with van der Waals surface area (Å²) in [4.78, 5) is 31.1. The number of amides is 3. The highest BCUT2D eigenvalue weighted by Gasteiger charge is 2.25. The second kappa shape index (κ2) is 9.07. The number of urea groups is 1. The van der Waals surface area contributed by atoms with Crippen molar-refractivity contribution < 1.29 is 14.0 Å². The van der Waals surface area contributed by atoms with E-state index in [4.69, 9.17) is 4.42 Å². The van der Waals surface area contributed by atoms with Gasteiger partial charge in [-0.05, 0) is 38.4 Å². The van der Waals surface area contributed by atoms with E-state index in [1.54, 1.807) is 11.0 Å². The van der Waals surface area contributed by atoms with Gasteiger partial charge in [-0.15, -0.1) is 0 Å². The average Bonchev–Trinajstić information content (AvgIpc) is 3.10. The van der Waals surface area contributed by atoms with Crippen LogP contribution in [0.25, 0.3) is 0 Å². The number of nitrogens with one attached hydrogen (secondary N) is 1. The van der Waals surface area contributed by atoms with Gasteiger partial charge in [-0.2, -0.15) is 0 Å². The molecule has 0 unspecified atom stereocenters. The third kappa shape index (κ3) is 4.58. The summed E-state index contributed by atoms with van der Waals surface area (Å²) in [6, 6.07) is 2.12. The molecule has 144 valence electrons. The lowest BCUT2D eigenvalue weighted by molar-refractivity contribution is 0.0761. The van der Waals surface area contributed by atoms with Gasteiger partial charge in [0.1, 0.15) is 6.26 Å². The zero-order chi connectivity index (χ0) is 18.4. The van der Waals surface area contributed by atoms with E-state index in [0.29, 0.717) is 44.3 Å². The highest BCUT2D eigenvalue weighted by atomic mass is 16.3. The maximum atomic E-state index is 12.6. The van der Waals surface area contributed by atoms with Crippen LogP contribution in [0.1, 0.15) is 43.0 Å². The Morgan fingerprint density at radius 2 is 1.92 bits per heavy atom. The molecule has 2 fully saturated rings. The predicted molar refractivity (Wildman–Crippen MR) is 99.1 cm³/mol. The lowest BCUT2D eigenvalue weighted by atomic mass is 10.0. The Hall–Kier alpha value is -2.02. The van der Waals surface area contributed by atoms with E-state index < -0.39 is 0 Å². The molecule has 1 atom stereocenters. The lowest BCUT2D eigenvalue weighted by Crippen LogP contribution is -2.50. The third-order valence-corrected chi connectivity index (χ3v) is 5.48. The fraction of sp³-hybridized carbons (Fsp3) is 0.684. The van der Waals surface area contributed by atoms with Gasteiger partial charge in [-0.25, -0.2) is 4.79 Å². The van der Waals surface area contributed by atoms with Gasteiger partial charge < -0.3 is 19.5 Å². The first-order valence-corrected chi connectivity index (χ1v) is 9.77. The summed E-state index contributed by atoms with van der Waals surface area (Å²) in [5.41, 5.74) is 0.569. The van der Waals surface area contributed by atoms with Crippen LogP contribution in [0, 0.1) is 0 Å². The number of nitrogens with zero attached hydrogens (tertiary/aromatic N) is 3. The molecule has 3 amide bonds. The van der Waals surface area contributed by atoms with Crippen molar-refractivity contribution in [1.82, 2.24) is 20.0 Å². The number of hydrogen-bond acceptors (Lipinski definition) is 4. The first kappa shape index (κ1) is 18.8. The SMILES string of the molecule is CCN1CCCC[C@H]1CNC(=O)N1CCCN(C(=O)c2ccoc2)CC1. The summed E-state index contributed by atoms with van der Waals surface area (Å²) in [5, 5.41) is 3.11. The lowest BCUT2D eigenvalue weighted by Gasteiger charge is -2.35. The number of hydrogen-bond donors (Lipinski definition) is 1. The molecule has 1 aromatic rings. The van der Waals surface area contributed by atoms with Crippen LogP contribution in [0.15, 0.2) is 23.0 Å². The van der Waals surface area contributed by atoms with E-state index >= 15 is 0 Å². The van der Waals surface area contributed by atoms with Crippen LogP contribution in [-0.2, 0) is 0 Å². The number of rotatable bonds is 4. The molecule has 1 N–H and O–H groups in total. The van der Waals surface area contributed by atoms with Gasteiger partial charge in [-0.1, -0.05) is 13.3 Å². The normalized spacial score (nSPS) is 22.1. The predicted octanol–water partition coefficient (Wildman–Crippen LogP) is 2.01. The minimum absolute atomic E-state index is 0.00997. The van der Waals surface area contributed by atoms with Gasteiger partial charge in [-0.3, -0.25) is 9.69 Å². The largest absolute Gasteiger partial charge is 0.472 e. The highest BCUT2D eigenvalue weighted by Crippen LogP contribution is 2.16. The summed E-state index contributed by atoms with van der Waals surface area (Å²) >= 11 is 0. The minimum Gasteiger partial charge on any atom is -0.472 e. The fourth-order valence-electron chi connectivity index (χ4n) is 3.92. The molecule has 7 heteroatoms. The molecule has 3 heterocycles. The van der Waals surface area contributed by atoms with Crippen molar-refractivity contribution in [2.45, 2.75) is 38.6 Å². The molecule has 0 bridgehead atoms. The molecule has 2 aliphatic heterocycles. The van der Waals surface area contributed by atoms with Crippen molar-refractivity contribution in [3.05, 3.63) is 24.2 Å². The van der Waals surface area contributed by atoms with Crippen LogP contribution in [0.2, 0.25) is 0 Å². The van der Waals surface area contributed by atoms with Gasteiger partial charge in [0.25, 0.3) is 5.91 Å². The molecule has 0 saturated carbocycles. The Balaban J connectivity index is 1.47. The zero-order valence-corrected chi connectivity index (χ0v) is 15.7. The van der Waals surface area contributed by atoms with E-state index in [9.17, 15) is 9.59 Å². The van der Waals surface area contributed by atoms with Gasteiger partial charge in [0.05, 0.1) is 11.8 Å². The van der Waals surface area contributed by atoms with Gasteiger partial charge >= 0.3 is 6.03 Å². The van der Waals surface area contributed by atoms with E-state index in [2.05, 4.69) is 17.1 Å². The molecule has 26 heavy (non-hydrogen) atoms. The quantitative estimate of drug-likeness (QED) is 0.890. The first-order valence-electron chi connectivity index (χ1n) is 9.77. The van der Waals surface area contributed by atoms with Crippen LogP contribution >= 0.6 is 0 Å². The van der Waals surface area contributed by atoms with Crippen molar-refractivity contribution in [2.75, 3.05) is 45.8 Å². The third-order valence-electron chi connectivity index (χ3n) is 5.48. The summed E-state index contributed by atoms with van der Waals surface area (Å²) in [7, 11) is 0. The Morgan fingerprint density at radius 1 is 1.12 bits per heavy atom. The van der Waals surface area contributed by atoms with Gasteiger partial charge in [0.15, 0.2) is 0 Å². The minimum atomic E-state index is -0.0261. The monoisotopic (exact) mass is 362 g/mol. The maximum Gasteiger partial charge on any atom is 0.317 e. The van der Waals surface area contributed by atoms with Crippen molar-refractivity contribution in [3.63, 3.8) is 0 Å². The molecule has 1 aromatic heterocycles. The molecule has 2 aliphatic rings. The van der Waals surface area contributed by atoms with Crippen molar-refractivity contribution in [3.8, 4) is 0 Å². The number of carbonyl (C=O) groups excluding carboxylic acids is 2. The second-order valence-corrected chi connectivity index (χ2v) is 7.11. The highest BCUT2D eigenvalue weighted by molar-refractivity contribution is 5.93. The fourth-order valence-corrected chi connectivity index (χ4v) is 3.92. The molecular weight excluding hydrogens is 332 g/mol. The smallest absolute Gasteiger partial charge is 0.317 e. The molecule has 7 nitrogen and oxygen atoms in total. The summed E-state index contributed by atoms with van der Waals surface area (Å²) < 4.78 is 5.00. The average molecular weight is 362 g/mol. The van der Waals surface area contributed by atoms with Gasteiger partial charge in [0, 0.05) is 38.8 Å². The van der Waals surface area contributed by atoms with Gasteiger partial charge in [0.2, 0.25) is 0 Å². The molecule has 0 spiro atoms. The molecule has 3 rings (SSSR count). The second-order valence-electron chi connectivity index (χ2n) is 7.11. The van der Waals surface area contributed by atoms with Crippen LogP contribution in [0.5, 0.6) is 0 Å². The number of likely N-dealkylation sites (tertiary alicyclic amines) is 1. The molecule has 0 aliphatic carbocycles. The number of carbonyl (C=O) groups is 2. The Bertz CT molecular complexity index is 590. The van der Waals surface area contributed by atoms with E-state index in [0.717, 1.165) is 25.9 Å². The number of piperidine rings is 1. The summed E-state index contributed by atoms with van der Waals surface area (Å²) in [5.74, 6) is -0.0261. The first-order chi connectivity index (χ1) is 12.7. The Kier molecular flexibility index (Phi) is 6.55. The van der Waals surface area contributed by atoms with Crippen LogP contribution in [-0.4, -0.2) is 78.5 Å². The van der Waals surface area contributed by atoms with Crippen molar-refractivity contribution in [1.29, 1.82) is 0 Å². The van der Waals surface area contributed by atoms with Crippen LogP contribution in [0.3, 0.4) is 0 Å². The molecule has 0 radical (unpaired) electrons. The van der Waals surface area contributed by atoms with E-state index in [-0.39, 0.29) is 11.9 Å². The number of likely N-dealkylation sites (N-methyl/N-ethyl adjacent to an activating group) is 1. The Morgan fingerprint density at radius 3 is 2.69 bits per heavy atom. The molecule has 0 aromatic carbocycles. The summed E-state index contributed by atoms with van der Waals surface area (Å²) in [6.45, 7) is 7.53. The standard InChI is InChI=1S/C19H30N4O3/c1-2-21-8-4-3-6-17(21)14-20-19(25)23-10-5-9-22(11-12-23)18(24)16-7-13-26-15-16/h7,13,15,17H,2-6,8-12,14H2,1H3,(H,20,25)/t17-/m0/s1. The van der Waals surface area contributed by atoms with Crippen molar-refractivity contribution in [2.24, 2.45) is 0 Å². The van der Waals surface area contributed by atoms with E-state index in [1.807, 2.05) is 4.90 Å². The topological polar surface area (TPSA) is 69.0 Å². The maximum absolute atomic E-state index is 12.6. The van der Waals surface area contributed by atoms with Crippen molar-refractivity contribution >= 4 is 11.9 Å². The zero-order valence-electron chi connectivity index (χ0n) is 15.7. The van der Waals surface area contributed by atoms with Crippen LogP contribution in [0.4, 0.5) is 4.79 Å². The molecular formula is C19H30N4O3. The molecule has 2 saturated heterocycles.